The Labute approximate surface area is 103 Å². The van der Waals surface area contributed by atoms with Crippen LogP contribution in [-0.2, 0) is 6.42 Å². The fourth-order valence-corrected chi connectivity index (χ4v) is 1.61. The van der Waals surface area contributed by atoms with E-state index in [0.29, 0.717) is 16.9 Å². The van der Waals surface area contributed by atoms with Gasteiger partial charge in [-0.05, 0) is 36.0 Å². The minimum absolute atomic E-state index is 0.0644. The zero-order valence-electron chi connectivity index (χ0n) is 11.3. The second-order valence-corrected chi connectivity index (χ2v) is 5.41. The van der Waals surface area contributed by atoms with Crippen molar-refractivity contribution in [3.8, 4) is 17.2 Å². The molecule has 1 aromatic carbocycles. The lowest BCUT2D eigenvalue weighted by atomic mass is 9.88. The molecule has 96 valence electrons. The van der Waals surface area contributed by atoms with Crippen LogP contribution in [0.5, 0.6) is 17.2 Å². The van der Waals surface area contributed by atoms with Crippen LogP contribution in [0.15, 0.2) is 12.1 Å². The summed E-state index contributed by atoms with van der Waals surface area (Å²) in [6.45, 7) is 6.63. The van der Waals surface area contributed by atoms with Gasteiger partial charge < -0.3 is 14.6 Å². The molecule has 0 aromatic heterocycles. The van der Waals surface area contributed by atoms with Crippen LogP contribution >= 0.6 is 0 Å². The van der Waals surface area contributed by atoms with E-state index in [0.717, 1.165) is 18.4 Å². The molecule has 0 bridgehead atoms. The second-order valence-electron chi connectivity index (χ2n) is 5.41. The molecule has 0 aliphatic carbocycles. The Morgan fingerprint density at radius 2 is 1.53 bits per heavy atom. The highest BCUT2D eigenvalue weighted by atomic mass is 16.5. The number of phenolic OH excluding ortho intramolecular Hbond substituents is 1. The van der Waals surface area contributed by atoms with Crippen molar-refractivity contribution in [1.29, 1.82) is 0 Å². The van der Waals surface area contributed by atoms with Crippen molar-refractivity contribution < 1.29 is 14.6 Å². The van der Waals surface area contributed by atoms with E-state index in [1.54, 1.807) is 14.2 Å². The lowest BCUT2D eigenvalue weighted by molar-refractivity contribution is 0.337. The Kier molecular flexibility index (Phi) is 4.27. The third-order valence-electron chi connectivity index (χ3n) is 2.70. The van der Waals surface area contributed by atoms with Gasteiger partial charge in [-0.1, -0.05) is 20.8 Å². The molecule has 0 saturated carbocycles. The summed E-state index contributed by atoms with van der Waals surface area (Å²) in [6, 6.07) is 3.73. The van der Waals surface area contributed by atoms with Crippen LogP contribution in [0.2, 0.25) is 0 Å². The van der Waals surface area contributed by atoms with E-state index < -0.39 is 0 Å². The summed E-state index contributed by atoms with van der Waals surface area (Å²) in [4.78, 5) is 0. The summed E-state index contributed by atoms with van der Waals surface area (Å²) >= 11 is 0. The van der Waals surface area contributed by atoms with Crippen LogP contribution in [0.1, 0.15) is 32.8 Å². The molecule has 0 saturated heterocycles. The molecule has 0 amide bonds. The van der Waals surface area contributed by atoms with Crippen LogP contribution in [0.4, 0.5) is 0 Å². The number of ether oxygens (including phenoxy) is 2. The van der Waals surface area contributed by atoms with Crippen LogP contribution in [-0.4, -0.2) is 19.3 Å². The molecule has 3 nitrogen and oxygen atoms in total. The number of rotatable bonds is 4. The van der Waals surface area contributed by atoms with Crippen molar-refractivity contribution in [3.63, 3.8) is 0 Å². The van der Waals surface area contributed by atoms with Gasteiger partial charge in [-0.15, -0.1) is 0 Å². The van der Waals surface area contributed by atoms with Crippen molar-refractivity contribution >= 4 is 0 Å². The molecule has 0 aliphatic heterocycles. The topological polar surface area (TPSA) is 38.7 Å². The Morgan fingerprint density at radius 1 is 1.06 bits per heavy atom. The third-order valence-corrected chi connectivity index (χ3v) is 2.70. The first-order chi connectivity index (χ1) is 7.87. The largest absolute Gasteiger partial charge is 0.502 e. The number of aromatic hydroxyl groups is 1. The Bertz CT molecular complexity index is 353. The van der Waals surface area contributed by atoms with Gasteiger partial charge >= 0.3 is 0 Å². The maximum absolute atomic E-state index is 9.79. The standard InChI is InChI=1S/C14H22O3/c1-14(2,3)7-6-10-8-11(16-4)13(15)12(9-10)17-5/h8-9,15H,6-7H2,1-5H3. The molecule has 0 atom stereocenters. The zero-order chi connectivity index (χ0) is 13.1. The van der Waals surface area contributed by atoms with E-state index in [2.05, 4.69) is 20.8 Å². The molecule has 0 radical (unpaired) electrons. The van der Waals surface area contributed by atoms with Crippen molar-refractivity contribution in [3.05, 3.63) is 17.7 Å². The van der Waals surface area contributed by atoms with Gasteiger partial charge in [0.2, 0.25) is 5.75 Å². The summed E-state index contributed by atoms with van der Waals surface area (Å²) in [5, 5.41) is 9.79. The molecule has 1 rings (SSSR count). The van der Waals surface area contributed by atoms with E-state index in [4.69, 9.17) is 9.47 Å². The first-order valence-corrected chi connectivity index (χ1v) is 5.81. The van der Waals surface area contributed by atoms with Crippen LogP contribution in [0, 0.1) is 5.41 Å². The highest BCUT2D eigenvalue weighted by Gasteiger charge is 2.14. The predicted molar refractivity (Wildman–Crippen MR) is 69.0 cm³/mol. The van der Waals surface area contributed by atoms with Gasteiger partial charge in [0, 0.05) is 0 Å². The van der Waals surface area contributed by atoms with E-state index in [1.165, 1.54) is 0 Å². The predicted octanol–water partition coefficient (Wildman–Crippen LogP) is 3.39. The van der Waals surface area contributed by atoms with Gasteiger partial charge in [0.25, 0.3) is 0 Å². The van der Waals surface area contributed by atoms with Gasteiger partial charge in [-0.25, -0.2) is 0 Å². The maximum atomic E-state index is 9.79. The lowest BCUT2D eigenvalue weighted by Gasteiger charge is -2.18. The van der Waals surface area contributed by atoms with E-state index in [-0.39, 0.29) is 5.75 Å². The van der Waals surface area contributed by atoms with Crippen LogP contribution in [0.25, 0.3) is 0 Å². The molecule has 0 unspecified atom stereocenters. The van der Waals surface area contributed by atoms with Gasteiger partial charge in [-0.2, -0.15) is 0 Å². The third kappa shape index (κ3) is 3.84. The van der Waals surface area contributed by atoms with Crippen LogP contribution < -0.4 is 9.47 Å². The second kappa shape index (κ2) is 5.30. The molecule has 0 heterocycles. The van der Waals surface area contributed by atoms with Crippen molar-refractivity contribution in [2.45, 2.75) is 33.6 Å². The highest BCUT2D eigenvalue weighted by molar-refractivity contribution is 5.52. The van der Waals surface area contributed by atoms with Crippen molar-refractivity contribution in [2.24, 2.45) is 5.41 Å². The summed E-state index contributed by atoms with van der Waals surface area (Å²) in [5.41, 5.74) is 1.41. The van der Waals surface area contributed by atoms with Gasteiger partial charge in [0.1, 0.15) is 0 Å². The quantitative estimate of drug-likeness (QED) is 0.873. The van der Waals surface area contributed by atoms with Gasteiger partial charge in [0.05, 0.1) is 14.2 Å². The van der Waals surface area contributed by atoms with Crippen molar-refractivity contribution in [2.75, 3.05) is 14.2 Å². The molecule has 1 N–H and O–H groups in total. The van der Waals surface area contributed by atoms with E-state index in [1.807, 2.05) is 12.1 Å². The lowest BCUT2D eigenvalue weighted by Crippen LogP contribution is -2.06. The molecule has 0 fully saturated rings. The summed E-state index contributed by atoms with van der Waals surface area (Å²) in [7, 11) is 3.09. The zero-order valence-corrected chi connectivity index (χ0v) is 11.3. The number of hydrogen-bond donors (Lipinski definition) is 1. The number of aryl methyl sites for hydroxylation is 1. The average Bonchev–Trinajstić information content (AvgIpc) is 2.26. The average molecular weight is 238 g/mol. The summed E-state index contributed by atoms with van der Waals surface area (Å²) in [5.74, 6) is 0.996. The van der Waals surface area contributed by atoms with Crippen LogP contribution in [0.3, 0.4) is 0 Å². The summed E-state index contributed by atoms with van der Waals surface area (Å²) in [6.07, 6.45) is 2.01. The van der Waals surface area contributed by atoms with Gasteiger partial charge in [-0.3, -0.25) is 0 Å². The smallest absolute Gasteiger partial charge is 0.200 e. The Morgan fingerprint density at radius 3 is 1.88 bits per heavy atom. The van der Waals surface area contributed by atoms with Crippen molar-refractivity contribution in [1.82, 2.24) is 0 Å². The number of phenols is 1. The number of methoxy groups -OCH3 is 2. The molecular formula is C14H22O3. The fraction of sp³-hybridized carbons (Fsp3) is 0.571. The van der Waals surface area contributed by atoms with E-state index in [9.17, 15) is 5.11 Å². The highest BCUT2D eigenvalue weighted by Crippen LogP contribution is 2.37. The van der Waals surface area contributed by atoms with Gasteiger partial charge in [0.15, 0.2) is 11.5 Å². The fourth-order valence-electron chi connectivity index (χ4n) is 1.61. The Hall–Kier alpha value is -1.38. The normalized spacial score (nSPS) is 11.4. The maximum Gasteiger partial charge on any atom is 0.200 e. The minimum atomic E-state index is 0.0644. The molecule has 0 spiro atoms. The monoisotopic (exact) mass is 238 g/mol. The summed E-state index contributed by atoms with van der Waals surface area (Å²) < 4.78 is 10.3. The molecule has 0 aliphatic rings. The first-order valence-electron chi connectivity index (χ1n) is 5.81. The molecule has 1 aromatic rings. The first kappa shape index (κ1) is 13.7. The van der Waals surface area contributed by atoms with E-state index >= 15 is 0 Å². The SMILES string of the molecule is COc1cc(CCC(C)(C)C)cc(OC)c1O. The molecular weight excluding hydrogens is 216 g/mol. The Balaban J connectivity index is 2.93. The number of hydrogen-bond acceptors (Lipinski definition) is 3. The molecule has 17 heavy (non-hydrogen) atoms. The number of benzene rings is 1. The minimum Gasteiger partial charge on any atom is -0.502 e. The molecule has 3 heteroatoms.